The van der Waals surface area contributed by atoms with Gasteiger partial charge in [0.25, 0.3) is 5.91 Å². The zero-order valence-electron chi connectivity index (χ0n) is 15.3. The molecule has 1 aromatic rings. The summed E-state index contributed by atoms with van der Waals surface area (Å²) < 4.78 is 10.4. The van der Waals surface area contributed by atoms with Crippen LogP contribution in [-0.2, 0) is 14.3 Å². The first-order chi connectivity index (χ1) is 12.5. The van der Waals surface area contributed by atoms with Crippen LogP contribution in [0.5, 0.6) is 5.75 Å². The largest absolute Gasteiger partial charge is 0.494 e. The van der Waals surface area contributed by atoms with E-state index < -0.39 is 0 Å². The van der Waals surface area contributed by atoms with Crippen molar-refractivity contribution in [2.45, 2.75) is 26.7 Å². The van der Waals surface area contributed by atoms with E-state index >= 15 is 0 Å². The van der Waals surface area contributed by atoms with Crippen LogP contribution >= 0.6 is 0 Å². The predicted molar refractivity (Wildman–Crippen MR) is 95.9 cm³/mol. The highest BCUT2D eigenvalue weighted by atomic mass is 16.5. The number of carbonyl (C=O) groups excluding carboxylic acids is 3. The topological polar surface area (TPSA) is 84.9 Å². The van der Waals surface area contributed by atoms with Gasteiger partial charge in [-0.05, 0) is 51.0 Å². The van der Waals surface area contributed by atoms with Gasteiger partial charge in [-0.1, -0.05) is 0 Å². The number of carbonyl (C=O) groups is 3. The van der Waals surface area contributed by atoms with Crippen molar-refractivity contribution >= 4 is 17.8 Å². The molecule has 1 N–H and O–H groups in total. The van der Waals surface area contributed by atoms with Crippen LogP contribution in [0, 0.1) is 5.92 Å². The third kappa shape index (κ3) is 5.47. The molecule has 1 unspecified atom stereocenters. The number of esters is 1. The monoisotopic (exact) mass is 362 g/mol. The number of nitrogens with zero attached hydrogens (tertiary/aromatic N) is 1. The Morgan fingerprint density at radius 3 is 2.54 bits per heavy atom. The first-order valence-corrected chi connectivity index (χ1v) is 9.00. The van der Waals surface area contributed by atoms with E-state index in [1.54, 1.807) is 36.1 Å². The van der Waals surface area contributed by atoms with Crippen molar-refractivity contribution in [2.75, 3.05) is 32.8 Å². The molecular weight excluding hydrogens is 336 g/mol. The number of piperidine rings is 1. The maximum atomic E-state index is 12.3. The minimum Gasteiger partial charge on any atom is -0.494 e. The van der Waals surface area contributed by atoms with E-state index in [1.165, 1.54) is 0 Å². The molecule has 7 heteroatoms. The Bertz CT molecular complexity index is 629. The van der Waals surface area contributed by atoms with Gasteiger partial charge in [0.2, 0.25) is 5.91 Å². The van der Waals surface area contributed by atoms with Crippen LogP contribution < -0.4 is 10.1 Å². The second kappa shape index (κ2) is 9.79. The fourth-order valence-electron chi connectivity index (χ4n) is 2.90. The standard InChI is InChI=1S/C19H26N2O5/c1-3-25-16-9-7-14(8-10-16)18(23)20-12-17(22)21-11-5-6-15(13-21)19(24)26-4-2/h7-10,15H,3-6,11-13H2,1-2H3,(H,20,23). The van der Waals surface area contributed by atoms with Gasteiger partial charge in [0.15, 0.2) is 0 Å². The van der Waals surface area contributed by atoms with E-state index in [0.29, 0.717) is 37.6 Å². The molecule has 2 amide bonds. The van der Waals surface area contributed by atoms with Gasteiger partial charge in [0.1, 0.15) is 5.75 Å². The lowest BCUT2D eigenvalue weighted by Crippen LogP contribution is -2.46. The van der Waals surface area contributed by atoms with E-state index in [9.17, 15) is 14.4 Å². The van der Waals surface area contributed by atoms with Crippen molar-refractivity contribution in [3.63, 3.8) is 0 Å². The van der Waals surface area contributed by atoms with E-state index in [2.05, 4.69) is 5.32 Å². The normalized spacial score (nSPS) is 16.7. The Balaban J connectivity index is 1.83. The number of benzene rings is 1. The summed E-state index contributed by atoms with van der Waals surface area (Å²) in [6.07, 6.45) is 1.48. The molecular formula is C19H26N2O5. The highest BCUT2D eigenvalue weighted by Crippen LogP contribution is 2.18. The smallest absolute Gasteiger partial charge is 0.310 e. The molecule has 2 rings (SSSR count). The number of ether oxygens (including phenoxy) is 2. The molecule has 1 aliphatic rings. The summed E-state index contributed by atoms with van der Waals surface area (Å²) in [5.74, 6) is -0.366. The van der Waals surface area contributed by atoms with Crippen LogP contribution in [0.25, 0.3) is 0 Å². The molecule has 0 radical (unpaired) electrons. The van der Waals surface area contributed by atoms with Crippen molar-refractivity contribution in [3.8, 4) is 5.75 Å². The lowest BCUT2D eigenvalue weighted by Gasteiger charge is -2.31. The quantitative estimate of drug-likeness (QED) is 0.745. The molecule has 1 fully saturated rings. The summed E-state index contributed by atoms with van der Waals surface area (Å²) in [5, 5.41) is 2.63. The molecule has 142 valence electrons. The number of amides is 2. The second-order valence-electron chi connectivity index (χ2n) is 6.07. The highest BCUT2D eigenvalue weighted by molar-refractivity contribution is 5.96. The average molecular weight is 362 g/mol. The number of hydrogen-bond acceptors (Lipinski definition) is 5. The number of hydrogen-bond donors (Lipinski definition) is 1. The van der Waals surface area contributed by atoms with Crippen LogP contribution in [0.3, 0.4) is 0 Å². The van der Waals surface area contributed by atoms with Crippen molar-refractivity contribution in [2.24, 2.45) is 5.92 Å². The van der Waals surface area contributed by atoms with Gasteiger partial charge < -0.3 is 19.7 Å². The Morgan fingerprint density at radius 1 is 1.15 bits per heavy atom. The third-order valence-electron chi connectivity index (χ3n) is 4.22. The first kappa shape index (κ1) is 19.8. The van der Waals surface area contributed by atoms with Crippen LogP contribution in [0.1, 0.15) is 37.0 Å². The van der Waals surface area contributed by atoms with Crippen LogP contribution in [0.2, 0.25) is 0 Å². The van der Waals surface area contributed by atoms with Gasteiger partial charge in [-0.15, -0.1) is 0 Å². The molecule has 0 aromatic heterocycles. The second-order valence-corrected chi connectivity index (χ2v) is 6.07. The minimum atomic E-state index is -0.319. The average Bonchev–Trinajstić information content (AvgIpc) is 2.67. The maximum Gasteiger partial charge on any atom is 0.310 e. The molecule has 0 bridgehead atoms. The molecule has 0 spiro atoms. The van der Waals surface area contributed by atoms with E-state index in [4.69, 9.17) is 9.47 Å². The fraction of sp³-hybridized carbons (Fsp3) is 0.526. The highest BCUT2D eigenvalue weighted by Gasteiger charge is 2.29. The van der Waals surface area contributed by atoms with Gasteiger partial charge in [-0.25, -0.2) is 0 Å². The number of likely N-dealkylation sites (tertiary alicyclic amines) is 1. The predicted octanol–water partition coefficient (Wildman–Crippen LogP) is 1.62. The van der Waals surface area contributed by atoms with E-state index in [1.807, 2.05) is 6.92 Å². The van der Waals surface area contributed by atoms with E-state index in [0.717, 1.165) is 12.8 Å². The van der Waals surface area contributed by atoms with Crippen LogP contribution in [-0.4, -0.2) is 55.5 Å². The van der Waals surface area contributed by atoms with Gasteiger partial charge >= 0.3 is 5.97 Å². The summed E-state index contributed by atoms with van der Waals surface area (Å²) in [6.45, 7) is 5.38. The van der Waals surface area contributed by atoms with Crippen molar-refractivity contribution in [1.82, 2.24) is 10.2 Å². The molecule has 7 nitrogen and oxygen atoms in total. The zero-order valence-corrected chi connectivity index (χ0v) is 15.3. The van der Waals surface area contributed by atoms with Crippen LogP contribution in [0.4, 0.5) is 0 Å². The molecule has 1 heterocycles. The molecule has 0 aliphatic carbocycles. The molecule has 1 aliphatic heterocycles. The summed E-state index contributed by atoms with van der Waals surface area (Å²) in [4.78, 5) is 38.0. The lowest BCUT2D eigenvalue weighted by molar-refractivity contribution is -0.151. The summed E-state index contributed by atoms with van der Waals surface area (Å²) in [6, 6.07) is 6.74. The third-order valence-corrected chi connectivity index (χ3v) is 4.22. The van der Waals surface area contributed by atoms with Crippen molar-refractivity contribution in [3.05, 3.63) is 29.8 Å². The van der Waals surface area contributed by atoms with Gasteiger partial charge in [0, 0.05) is 18.7 Å². The lowest BCUT2D eigenvalue weighted by atomic mass is 9.98. The van der Waals surface area contributed by atoms with Gasteiger partial charge in [-0.2, -0.15) is 0 Å². The minimum absolute atomic E-state index is 0.0956. The number of rotatable bonds is 7. The molecule has 26 heavy (non-hydrogen) atoms. The Kier molecular flexibility index (Phi) is 7.44. The SMILES string of the molecule is CCOC(=O)C1CCCN(C(=O)CNC(=O)c2ccc(OCC)cc2)C1. The molecule has 1 saturated heterocycles. The maximum absolute atomic E-state index is 12.3. The van der Waals surface area contributed by atoms with Gasteiger partial charge in [-0.3, -0.25) is 14.4 Å². The summed E-state index contributed by atoms with van der Waals surface area (Å²) in [5.41, 5.74) is 0.462. The van der Waals surface area contributed by atoms with Crippen LogP contribution in [0.15, 0.2) is 24.3 Å². The summed E-state index contributed by atoms with van der Waals surface area (Å²) >= 11 is 0. The van der Waals surface area contributed by atoms with Crippen molar-refractivity contribution < 1.29 is 23.9 Å². The first-order valence-electron chi connectivity index (χ1n) is 9.00. The summed E-state index contributed by atoms with van der Waals surface area (Å²) in [7, 11) is 0. The number of nitrogens with one attached hydrogen (secondary N) is 1. The van der Waals surface area contributed by atoms with Gasteiger partial charge in [0.05, 0.1) is 25.7 Å². The van der Waals surface area contributed by atoms with Crippen molar-refractivity contribution in [1.29, 1.82) is 0 Å². The van der Waals surface area contributed by atoms with E-state index in [-0.39, 0.29) is 30.2 Å². The Labute approximate surface area is 153 Å². The Hall–Kier alpha value is -2.57. The Morgan fingerprint density at radius 2 is 1.88 bits per heavy atom. The molecule has 0 saturated carbocycles. The fourth-order valence-corrected chi connectivity index (χ4v) is 2.90. The zero-order chi connectivity index (χ0) is 18.9. The molecule has 1 aromatic carbocycles. The molecule has 1 atom stereocenters.